The van der Waals surface area contributed by atoms with Crippen molar-refractivity contribution in [1.82, 2.24) is 0 Å². The highest BCUT2D eigenvalue weighted by molar-refractivity contribution is 7.97. The maximum Gasteiger partial charge on any atom is 0.167 e. The number of hydrogen-bond acceptors (Lipinski definition) is 0. The van der Waals surface area contributed by atoms with Crippen LogP contribution in [0.5, 0.6) is 0 Å². The lowest BCUT2D eigenvalue weighted by atomic mass is 9.68. The Bertz CT molecular complexity index is 1800. The smallest absolute Gasteiger partial charge is 0.167 e. The van der Waals surface area contributed by atoms with Gasteiger partial charge in [-0.3, -0.25) is 0 Å². The fourth-order valence-electron chi connectivity index (χ4n) is 6.13. The second-order valence-electron chi connectivity index (χ2n) is 10.2. The summed E-state index contributed by atoms with van der Waals surface area (Å²) < 4.78 is 56.2. The van der Waals surface area contributed by atoms with Crippen molar-refractivity contribution in [1.29, 1.82) is 0 Å². The lowest BCUT2D eigenvalue weighted by Crippen LogP contribution is -2.28. The van der Waals surface area contributed by atoms with E-state index in [1.165, 1.54) is 48.5 Å². The molecule has 0 aliphatic heterocycles. The van der Waals surface area contributed by atoms with E-state index < -0.39 is 16.3 Å². The standard InChI is InChI=1S/C37H23F4S.C2H6/c38-26-9-5-24(6-10-26)37(25-7-11-27(39)12-8-25)35-4-2-1-3-33(35)34-23-32(21-22-36(34)37)42(30-17-13-28(40)14-18-30)31-19-15-29(41)16-20-31;1-2/h1-23H;1-2H3/q+1;. The fraction of sp³-hybridized carbons (Fsp3) is 0.0769. The first-order valence-corrected chi connectivity index (χ1v) is 15.7. The first-order chi connectivity index (χ1) is 21.4. The molecule has 0 N–H and O–H groups in total. The lowest BCUT2D eigenvalue weighted by Gasteiger charge is -2.33. The zero-order valence-corrected chi connectivity index (χ0v) is 25.0. The van der Waals surface area contributed by atoms with E-state index in [9.17, 15) is 17.6 Å². The SMILES string of the molecule is CC.Fc1ccc([S+](c2ccc(F)cc2)c2ccc3c(c2)-c2ccccc2C3(c2ccc(F)cc2)c2ccc(F)cc2)cc1. The van der Waals surface area contributed by atoms with Crippen molar-refractivity contribution < 1.29 is 17.6 Å². The van der Waals surface area contributed by atoms with Crippen LogP contribution in [0.15, 0.2) is 154 Å². The van der Waals surface area contributed by atoms with E-state index in [-0.39, 0.29) is 23.3 Å². The third kappa shape index (κ3) is 5.01. The first-order valence-electron chi connectivity index (χ1n) is 14.5. The van der Waals surface area contributed by atoms with Crippen LogP contribution in [0.25, 0.3) is 11.1 Å². The molecule has 0 nitrogen and oxygen atoms in total. The van der Waals surface area contributed by atoms with Crippen LogP contribution in [0.3, 0.4) is 0 Å². The lowest BCUT2D eigenvalue weighted by molar-refractivity contribution is 0.622. The van der Waals surface area contributed by atoms with Crippen LogP contribution in [0, 0.1) is 23.3 Å². The van der Waals surface area contributed by atoms with Gasteiger partial charge in [-0.15, -0.1) is 0 Å². The first kappa shape index (κ1) is 29.5. The van der Waals surface area contributed by atoms with Gasteiger partial charge in [0.15, 0.2) is 14.7 Å². The van der Waals surface area contributed by atoms with Gasteiger partial charge in [0, 0.05) is 6.07 Å². The summed E-state index contributed by atoms with van der Waals surface area (Å²) in [4.78, 5) is 2.78. The van der Waals surface area contributed by atoms with E-state index >= 15 is 0 Å². The van der Waals surface area contributed by atoms with Gasteiger partial charge in [-0.1, -0.05) is 68.4 Å². The molecule has 6 aromatic rings. The number of hydrogen-bond donors (Lipinski definition) is 0. The van der Waals surface area contributed by atoms with E-state index in [2.05, 4.69) is 30.3 Å². The van der Waals surface area contributed by atoms with Gasteiger partial charge < -0.3 is 0 Å². The Hall–Kier alpha value is -4.61. The largest absolute Gasteiger partial charge is 0.207 e. The minimum absolute atomic E-state index is 0.326. The molecule has 0 fully saturated rings. The van der Waals surface area contributed by atoms with Crippen molar-refractivity contribution in [3.05, 3.63) is 185 Å². The second kappa shape index (κ2) is 12.2. The molecule has 5 heteroatoms. The molecule has 0 saturated carbocycles. The molecule has 0 atom stereocenters. The second-order valence-corrected chi connectivity index (χ2v) is 12.3. The minimum Gasteiger partial charge on any atom is -0.207 e. The number of benzene rings is 6. The Morgan fingerprint density at radius 3 is 1.27 bits per heavy atom. The summed E-state index contributed by atoms with van der Waals surface area (Å²) in [5.41, 5.74) is 4.95. The Morgan fingerprint density at radius 1 is 0.409 bits per heavy atom. The summed E-state index contributed by atoms with van der Waals surface area (Å²) in [6, 6.07) is 40.2. The number of fused-ring (bicyclic) bond motifs is 3. The number of rotatable bonds is 5. The summed E-state index contributed by atoms with van der Waals surface area (Å²) in [6.07, 6.45) is 0. The molecule has 1 aliphatic rings. The molecule has 6 aromatic carbocycles. The van der Waals surface area contributed by atoms with Crippen molar-refractivity contribution in [2.75, 3.05) is 0 Å². The topological polar surface area (TPSA) is 0 Å². The van der Waals surface area contributed by atoms with Crippen molar-refractivity contribution in [2.24, 2.45) is 0 Å². The highest BCUT2D eigenvalue weighted by Crippen LogP contribution is 2.56. The maximum absolute atomic E-state index is 14.2. The zero-order chi connectivity index (χ0) is 30.8. The van der Waals surface area contributed by atoms with Crippen LogP contribution in [-0.4, -0.2) is 0 Å². The molecular weight excluding hydrogens is 576 g/mol. The van der Waals surface area contributed by atoms with Gasteiger partial charge in [-0.2, -0.15) is 0 Å². The average molecular weight is 606 g/mol. The molecule has 7 rings (SSSR count). The van der Waals surface area contributed by atoms with E-state index in [1.807, 2.05) is 26.0 Å². The maximum atomic E-state index is 14.2. The van der Waals surface area contributed by atoms with Crippen molar-refractivity contribution in [3.63, 3.8) is 0 Å². The summed E-state index contributed by atoms with van der Waals surface area (Å²) in [7, 11) is -0.653. The quantitative estimate of drug-likeness (QED) is 0.135. The molecule has 0 bridgehead atoms. The van der Waals surface area contributed by atoms with Gasteiger partial charge in [0.25, 0.3) is 0 Å². The van der Waals surface area contributed by atoms with Gasteiger partial charge in [0.05, 0.1) is 16.3 Å². The molecule has 218 valence electrons. The third-order valence-electron chi connectivity index (χ3n) is 7.91. The predicted molar refractivity (Wildman–Crippen MR) is 170 cm³/mol. The van der Waals surface area contributed by atoms with Gasteiger partial charge in [-0.25, -0.2) is 17.6 Å². The molecule has 0 aromatic heterocycles. The van der Waals surface area contributed by atoms with Crippen LogP contribution in [0.2, 0.25) is 0 Å². The molecule has 44 heavy (non-hydrogen) atoms. The predicted octanol–water partition coefficient (Wildman–Crippen LogP) is 10.7. The minimum atomic E-state index is -0.809. The molecule has 0 spiro atoms. The molecule has 0 radical (unpaired) electrons. The van der Waals surface area contributed by atoms with Gasteiger partial charge in [0.2, 0.25) is 0 Å². The molecular formula is C39H29F4S+. The molecule has 0 unspecified atom stereocenters. The van der Waals surface area contributed by atoms with Crippen LogP contribution in [-0.2, 0) is 16.3 Å². The van der Waals surface area contributed by atoms with Gasteiger partial charge in [-0.05, 0) is 112 Å². The highest BCUT2D eigenvalue weighted by Gasteiger charge is 2.47. The van der Waals surface area contributed by atoms with Crippen LogP contribution < -0.4 is 0 Å². The van der Waals surface area contributed by atoms with E-state index in [0.717, 1.165) is 48.1 Å². The Morgan fingerprint density at radius 2 is 0.795 bits per heavy atom. The van der Waals surface area contributed by atoms with Crippen LogP contribution >= 0.6 is 0 Å². The van der Waals surface area contributed by atoms with E-state index in [0.29, 0.717) is 0 Å². The van der Waals surface area contributed by atoms with Crippen LogP contribution in [0.4, 0.5) is 17.6 Å². The summed E-state index contributed by atoms with van der Waals surface area (Å²) in [5, 5.41) is 0. The monoisotopic (exact) mass is 605 g/mol. The third-order valence-corrected chi connectivity index (χ3v) is 10.1. The molecule has 0 saturated heterocycles. The number of halogens is 4. The molecule has 0 heterocycles. The van der Waals surface area contributed by atoms with Crippen molar-refractivity contribution in [2.45, 2.75) is 33.9 Å². The normalized spacial score (nSPS) is 12.7. The van der Waals surface area contributed by atoms with Gasteiger partial charge in [0.1, 0.15) is 23.3 Å². The molecule has 1 aliphatic carbocycles. The summed E-state index contributed by atoms with van der Waals surface area (Å²) in [6.45, 7) is 4.00. The van der Waals surface area contributed by atoms with E-state index in [1.54, 1.807) is 48.5 Å². The Kier molecular flexibility index (Phi) is 8.15. The zero-order valence-electron chi connectivity index (χ0n) is 24.2. The van der Waals surface area contributed by atoms with E-state index in [4.69, 9.17) is 0 Å². The van der Waals surface area contributed by atoms with Crippen molar-refractivity contribution in [3.8, 4) is 11.1 Å². The van der Waals surface area contributed by atoms with Gasteiger partial charge >= 0.3 is 0 Å². The molecule has 0 amide bonds. The fourth-order valence-corrected chi connectivity index (χ4v) is 8.20. The highest BCUT2D eigenvalue weighted by atomic mass is 32.2. The average Bonchev–Trinajstić information content (AvgIpc) is 3.35. The van der Waals surface area contributed by atoms with Crippen LogP contribution in [0.1, 0.15) is 36.1 Å². The Balaban J connectivity index is 0.00000168. The summed E-state index contributed by atoms with van der Waals surface area (Å²) in [5.74, 6) is -1.32. The summed E-state index contributed by atoms with van der Waals surface area (Å²) >= 11 is 0. The van der Waals surface area contributed by atoms with Crippen molar-refractivity contribution >= 4 is 10.9 Å². The Labute approximate surface area is 258 Å².